The largest absolute Gasteiger partial charge is 0.342 e. The third-order valence-electron chi connectivity index (χ3n) is 4.47. The molecule has 1 heterocycles. The molecule has 0 radical (unpaired) electrons. The van der Waals surface area contributed by atoms with Gasteiger partial charge in [0, 0.05) is 17.4 Å². The lowest BCUT2D eigenvalue weighted by atomic mass is 10.1. The number of rotatable bonds is 3. The van der Waals surface area contributed by atoms with E-state index in [1.54, 1.807) is 0 Å². The van der Waals surface area contributed by atoms with E-state index >= 15 is 0 Å². The summed E-state index contributed by atoms with van der Waals surface area (Å²) in [5.41, 5.74) is 5.57. The number of benzene rings is 1. The van der Waals surface area contributed by atoms with Crippen LogP contribution in [0.15, 0.2) is 36.4 Å². The minimum absolute atomic E-state index is 0.718. The number of aryl methyl sites for hydroxylation is 2. The van der Waals surface area contributed by atoms with Crippen molar-refractivity contribution in [3.8, 4) is 11.3 Å². The van der Waals surface area contributed by atoms with E-state index in [1.165, 1.54) is 48.2 Å². The van der Waals surface area contributed by atoms with Crippen LogP contribution in [-0.2, 0) is 6.42 Å². The SMILES string of the molecule is CCc1ccc(-c2ccc(C)n2C2CCCC2)cc1. The van der Waals surface area contributed by atoms with Gasteiger partial charge in [0.1, 0.15) is 0 Å². The quantitative estimate of drug-likeness (QED) is 0.713. The molecular formula is C18H23N. The summed E-state index contributed by atoms with van der Waals surface area (Å²) in [5, 5.41) is 0. The first kappa shape index (κ1) is 12.5. The first-order valence-corrected chi connectivity index (χ1v) is 7.56. The number of aromatic nitrogens is 1. The van der Waals surface area contributed by atoms with Crippen molar-refractivity contribution in [2.75, 3.05) is 0 Å². The Labute approximate surface area is 116 Å². The van der Waals surface area contributed by atoms with Gasteiger partial charge in [0.2, 0.25) is 0 Å². The molecule has 1 aromatic carbocycles. The zero-order chi connectivity index (χ0) is 13.2. The summed E-state index contributed by atoms with van der Waals surface area (Å²) < 4.78 is 2.56. The second-order valence-electron chi connectivity index (χ2n) is 5.72. The van der Waals surface area contributed by atoms with Crippen LogP contribution in [0.4, 0.5) is 0 Å². The van der Waals surface area contributed by atoms with Gasteiger partial charge in [-0.3, -0.25) is 0 Å². The van der Waals surface area contributed by atoms with Crippen LogP contribution in [0.25, 0.3) is 11.3 Å². The highest BCUT2D eigenvalue weighted by molar-refractivity contribution is 5.61. The maximum absolute atomic E-state index is 2.56. The predicted molar refractivity (Wildman–Crippen MR) is 81.5 cm³/mol. The molecule has 1 aromatic heterocycles. The third-order valence-corrected chi connectivity index (χ3v) is 4.47. The van der Waals surface area contributed by atoms with Crippen molar-refractivity contribution in [3.05, 3.63) is 47.7 Å². The van der Waals surface area contributed by atoms with Crippen molar-refractivity contribution < 1.29 is 0 Å². The lowest BCUT2D eigenvalue weighted by Gasteiger charge is -2.19. The monoisotopic (exact) mass is 253 g/mol. The van der Waals surface area contributed by atoms with Gasteiger partial charge in [0.05, 0.1) is 0 Å². The molecule has 0 spiro atoms. The minimum atomic E-state index is 0.718. The molecule has 1 nitrogen and oxygen atoms in total. The van der Waals surface area contributed by atoms with Gasteiger partial charge in [-0.25, -0.2) is 0 Å². The first-order chi connectivity index (χ1) is 9.29. The maximum atomic E-state index is 2.56. The standard InChI is InChI=1S/C18H23N/c1-3-15-9-11-16(12-10-15)18-13-8-14(2)19(18)17-6-4-5-7-17/h8-13,17H,3-7H2,1-2H3. The summed E-state index contributed by atoms with van der Waals surface area (Å²) in [5.74, 6) is 0. The Morgan fingerprint density at radius 3 is 2.32 bits per heavy atom. The summed E-state index contributed by atoms with van der Waals surface area (Å²) in [6.45, 7) is 4.45. The Bertz CT molecular complexity index is 542. The molecule has 1 aliphatic rings. The van der Waals surface area contributed by atoms with E-state index in [4.69, 9.17) is 0 Å². The Morgan fingerprint density at radius 1 is 1.00 bits per heavy atom. The molecule has 0 bridgehead atoms. The van der Waals surface area contributed by atoms with E-state index in [2.05, 4.69) is 54.8 Å². The van der Waals surface area contributed by atoms with Crippen molar-refractivity contribution in [1.82, 2.24) is 4.57 Å². The predicted octanol–water partition coefficient (Wildman–Crippen LogP) is 5.14. The molecule has 2 aromatic rings. The topological polar surface area (TPSA) is 4.93 Å². The Balaban J connectivity index is 1.99. The van der Waals surface area contributed by atoms with Gasteiger partial charge in [-0.15, -0.1) is 0 Å². The molecule has 0 saturated heterocycles. The van der Waals surface area contributed by atoms with Gasteiger partial charge in [0.15, 0.2) is 0 Å². The van der Waals surface area contributed by atoms with E-state index in [0.29, 0.717) is 0 Å². The highest BCUT2D eigenvalue weighted by Gasteiger charge is 2.20. The zero-order valence-electron chi connectivity index (χ0n) is 12.0. The van der Waals surface area contributed by atoms with Gasteiger partial charge in [-0.05, 0) is 49.4 Å². The van der Waals surface area contributed by atoms with Crippen LogP contribution in [0.1, 0.15) is 49.9 Å². The molecule has 1 fully saturated rings. The first-order valence-electron chi connectivity index (χ1n) is 7.56. The normalized spacial score (nSPS) is 16.1. The smallest absolute Gasteiger partial charge is 0.0484 e. The van der Waals surface area contributed by atoms with Crippen molar-refractivity contribution in [1.29, 1.82) is 0 Å². The van der Waals surface area contributed by atoms with E-state index < -0.39 is 0 Å². The summed E-state index contributed by atoms with van der Waals surface area (Å²) >= 11 is 0. The Hall–Kier alpha value is -1.50. The lowest BCUT2D eigenvalue weighted by molar-refractivity contribution is 0.515. The molecule has 1 saturated carbocycles. The minimum Gasteiger partial charge on any atom is -0.342 e. The molecule has 19 heavy (non-hydrogen) atoms. The van der Waals surface area contributed by atoms with Crippen LogP contribution in [0, 0.1) is 6.92 Å². The molecule has 0 amide bonds. The van der Waals surface area contributed by atoms with Gasteiger partial charge >= 0.3 is 0 Å². The highest BCUT2D eigenvalue weighted by atomic mass is 15.0. The zero-order valence-corrected chi connectivity index (χ0v) is 12.0. The van der Waals surface area contributed by atoms with E-state index in [9.17, 15) is 0 Å². The van der Waals surface area contributed by atoms with E-state index in [0.717, 1.165) is 12.5 Å². The van der Waals surface area contributed by atoms with E-state index in [-0.39, 0.29) is 0 Å². The van der Waals surface area contributed by atoms with Crippen molar-refractivity contribution in [2.45, 2.75) is 52.0 Å². The van der Waals surface area contributed by atoms with Crippen LogP contribution < -0.4 is 0 Å². The lowest BCUT2D eigenvalue weighted by Crippen LogP contribution is -2.07. The van der Waals surface area contributed by atoms with Crippen LogP contribution in [0.2, 0.25) is 0 Å². The Morgan fingerprint density at radius 2 is 1.68 bits per heavy atom. The molecule has 0 aliphatic heterocycles. The maximum Gasteiger partial charge on any atom is 0.0484 e. The van der Waals surface area contributed by atoms with Crippen molar-refractivity contribution in [2.24, 2.45) is 0 Å². The average Bonchev–Trinajstić information content (AvgIpc) is 3.08. The summed E-state index contributed by atoms with van der Waals surface area (Å²) in [6, 6.07) is 14.3. The van der Waals surface area contributed by atoms with Gasteiger partial charge in [-0.1, -0.05) is 44.0 Å². The molecule has 1 aliphatic carbocycles. The summed E-state index contributed by atoms with van der Waals surface area (Å²) in [6.07, 6.45) is 6.57. The molecule has 0 atom stereocenters. The van der Waals surface area contributed by atoms with Gasteiger partial charge < -0.3 is 4.57 Å². The number of hydrogen-bond donors (Lipinski definition) is 0. The van der Waals surface area contributed by atoms with Crippen molar-refractivity contribution >= 4 is 0 Å². The van der Waals surface area contributed by atoms with Crippen LogP contribution in [-0.4, -0.2) is 4.57 Å². The molecule has 0 unspecified atom stereocenters. The summed E-state index contributed by atoms with van der Waals surface area (Å²) in [7, 11) is 0. The second-order valence-corrected chi connectivity index (χ2v) is 5.72. The summed E-state index contributed by atoms with van der Waals surface area (Å²) in [4.78, 5) is 0. The van der Waals surface area contributed by atoms with Crippen LogP contribution >= 0.6 is 0 Å². The molecule has 100 valence electrons. The second kappa shape index (κ2) is 5.24. The fraction of sp³-hybridized carbons (Fsp3) is 0.444. The Kier molecular flexibility index (Phi) is 3.46. The third kappa shape index (κ3) is 2.34. The van der Waals surface area contributed by atoms with E-state index in [1.807, 2.05) is 0 Å². The van der Waals surface area contributed by atoms with Crippen molar-refractivity contribution in [3.63, 3.8) is 0 Å². The van der Waals surface area contributed by atoms with Crippen LogP contribution in [0.3, 0.4) is 0 Å². The molecule has 1 heteroatoms. The van der Waals surface area contributed by atoms with Gasteiger partial charge in [-0.2, -0.15) is 0 Å². The average molecular weight is 253 g/mol. The highest BCUT2D eigenvalue weighted by Crippen LogP contribution is 2.35. The molecule has 0 N–H and O–H groups in total. The molecular weight excluding hydrogens is 230 g/mol. The fourth-order valence-electron chi connectivity index (χ4n) is 3.34. The van der Waals surface area contributed by atoms with Crippen LogP contribution in [0.5, 0.6) is 0 Å². The van der Waals surface area contributed by atoms with Gasteiger partial charge in [0.25, 0.3) is 0 Å². The fourth-order valence-corrected chi connectivity index (χ4v) is 3.34. The number of hydrogen-bond acceptors (Lipinski definition) is 0. The number of nitrogens with zero attached hydrogens (tertiary/aromatic N) is 1. The molecule has 3 rings (SSSR count).